The first-order chi connectivity index (χ1) is 8.51. The number of carbonyl (C=O) groups is 1. The van der Waals surface area contributed by atoms with Crippen LogP contribution in [0.15, 0.2) is 0 Å². The minimum atomic E-state index is -0.342. The molecule has 4 nitrogen and oxygen atoms in total. The Morgan fingerprint density at radius 1 is 1.35 bits per heavy atom. The summed E-state index contributed by atoms with van der Waals surface area (Å²) in [7, 11) is 2.16. The van der Waals surface area contributed by atoms with Crippen molar-refractivity contribution in [3.63, 3.8) is 0 Å². The van der Waals surface area contributed by atoms with E-state index < -0.39 is 0 Å². The maximum atomic E-state index is 12.4. The number of rotatable bonds is 2. The fourth-order valence-corrected chi connectivity index (χ4v) is 3.02. The highest BCUT2D eigenvalue weighted by atomic mass is 35.5. The van der Waals surface area contributed by atoms with Crippen LogP contribution in [-0.4, -0.2) is 48.6 Å². The molecule has 0 aromatic carbocycles. The second-order valence-corrected chi connectivity index (χ2v) is 6.24. The summed E-state index contributed by atoms with van der Waals surface area (Å²) in [6.45, 7) is 6.32. The summed E-state index contributed by atoms with van der Waals surface area (Å²) >= 11 is 0. The summed E-state index contributed by atoms with van der Waals surface area (Å²) in [6, 6.07) is 0.917. The molecule has 0 spiro atoms. The van der Waals surface area contributed by atoms with E-state index in [1.54, 1.807) is 0 Å². The van der Waals surface area contributed by atoms with E-state index in [1.165, 1.54) is 6.42 Å². The van der Waals surface area contributed by atoms with Gasteiger partial charge in [0.05, 0.1) is 5.54 Å². The number of nitrogens with zero attached hydrogens (tertiary/aromatic N) is 1. The molecule has 2 rings (SSSR count). The second kappa shape index (κ2) is 8.42. The van der Waals surface area contributed by atoms with E-state index in [1.807, 2.05) is 6.92 Å². The summed E-state index contributed by atoms with van der Waals surface area (Å²) in [5.74, 6) is 0.198. The molecule has 0 aromatic heterocycles. The van der Waals surface area contributed by atoms with Crippen molar-refractivity contribution in [3.8, 4) is 0 Å². The van der Waals surface area contributed by atoms with Gasteiger partial charge < -0.3 is 15.5 Å². The number of nitrogens with one attached hydrogen (secondary N) is 2. The number of hydrogen-bond donors (Lipinski definition) is 2. The van der Waals surface area contributed by atoms with E-state index in [4.69, 9.17) is 0 Å². The average Bonchev–Trinajstić information content (AvgIpc) is 2.35. The monoisotopic (exact) mass is 325 g/mol. The molecule has 0 radical (unpaired) electrons. The van der Waals surface area contributed by atoms with E-state index in [9.17, 15) is 4.79 Å². The van der Waals surface area contributed by atoms with Crippen LogP contribution in [0.1, 0.15) is 46.0 Å². The van der Waals surface area contributed by atoms with E-state index >= 15 is 0 Å². The van der Waals surface area contributed by atoms with Gasteiger partial charge in [0.15, 0.2) is 0 Å². The van der Waals surface area contributed by atoms with Gasteiger partial charge in [0.2, 0.25) is 5.91 Å². The Hall–Kier alpha value is -0.0300. The molecule has 3 atom stereocenters. The van der Waals surface area contributed by atoms with Crippen LogP contribution in [0.3, 0.4) is 0 Å². The van der Waals surface area contributed by atoms with E-state index in [-0.39, 0.29) is 36.3 Å². The molecule has 2 fully saturated rings. The highest BCUT2D eigenvalue weighted by Gasteiger charge is 2.36. The van der Waals surface area contributed by atoms with Gasteiger partial charge in [-0.2, -0.15) is 0 Å². The van der Waals surface area contributed by atoms with Crippen molar-refractivity contribution >= 4 is 30.7 Å². The molecular formula is C14H29Cl2N3O. The lowest BCUT2D eigenvalue weighted by Gasteiger charge is -2.39. The molecule has 2 N–H and O–H groups in total. The minimum absolute atomic E-state index is 0. The van der Waals surface area contributed by atoms with Crippen molar-refractivity contribution in [3.05, 3.63) is 0 Å². The number of halogens is 2. The van der Waals surface area contributed by atoms with Gasteiger partial charge in [0.1, 0.15) is 0 Å². The third-order valence-electron chi connectivity index (χ3n) is 4.66. The van der Waals surface area contributed by atoms with Gasteiger partial charge in [-0.1, -0.05) is 0 Å². The van der Waals surface area contributed by atoms with Gasteiger partial charge in [-0.3, -0.25) is 4.79 Å². The third-order valence-corrected chi connectivity index (χ3v) is 4.66. The van der Waals surface area contributed by atoms with Crippen LogP contribution < -0.4 is 10.6 Å². The third kappa shape index (κ3) is 4.76. The molecule has 0 aromatic rings. The van der Waals surface area contributed by atoms with E-state index in [2.05, 4.69) is 29.5 Å². The minimum Gasteiger partial charge on any atom is -0.352 e. The van der Waals surface area contributed by atoms with E-state index in [0.29, 0.717) is 12.1 Å². The molecule has 0 aliphatic carbocycles. The normalized spacial score (nSPS) is 34.5. The summed E-state index contributed by atoms with van der Waals surface area (Å²) in [4.78, 5) is 14.8. The van der Waals surface area contributed by atoms with Gasteiger partial charge >= 0.3 is 0 Å². The summed E-state index contributed by atoms with van der Waals surface area (Å²) in [6.07, 6.45) is 5.44. The molecule has 2 aliphatic rings. The fraction of sp³-hybridized carbons (Fsp3) is 0.929. The van der Waals surface area contributed by atoms with Gasteiger partial charge in [0, 0.05) is 18.6 Å². The molecule has 1 amide bonds. The average molecular weight is 326 g/mol. The largest absolute Gasteiger partial charge is 0.352 e. The highest BCUT2D eigenvalue weighted by Crippen LogP contribution is 2.21. The summed E-state index contributed by atoms with van der Waals surface area (Å²) in [5, 5.41) is 6.63. The highest BCUT2D eigenvalue weighted by molar-refractivity contribution is 5.86. The first kappa shape index (κ1) is 20.0. The molecule has 0 bridgehead atoms. The van der Waals surface area contributed by atoms with Gasteiger partial charge in [-0.05, 0) is 59.5 Å². The lowest BCUT2D eigenvalue weighted by atomic mass is 9.89. The summed E-state index contributed by atoms with van der Waals surface area (Å²) < 4.78 is 0. The maximum Gasteiger partial charge on any atom is 0.240 e. The zero-order chi connectivity index (χ0) is 13.2. The second-order valence-electron chi connectivity index (χ2n) is 6.24. The Morgan fingerprint density at radius 3 is 2.60 bits per heavy atom. The molecule has 120 valence electrons. The van der Waals surface area contributed by atoms with Gasteiger partial charge in [-0.25, -0.2) is 0 Å². The van der Waals surface area contributed by atoms with Crippen molar-refractivity contribution < 1.29 is 4.79 Å². The number of likely N-dealkylation sites (tertiary alicyclic amines) is 1. The Kier molecular flexibility index (Phi) is 8.41. The number of hydrogen-bond acceptors (Lipinski definition) is 3. The molecule has 2 heterocycles. The Balaban J connectivity index is 0.00000180. The van der Waals surface area contributed by atoms with Crippen LogP contribution in [0.4, 0.5) is 0 Å². The molecule has 0 saturated carbocycles. The first-order valence-electron chi connectivity index (χ1n) is 7.27. The predicted octanol–water partition coefficient (Wildman–Crippen LogP) is 1.96. The van der Waals surface area contributed by atoms with Crippen molar-refractivity contribution in [1.82, 2.24) is 15.5 Å². The predicted molar refractivity (Wildman–Crippen MR) is 88.0 cm³/mol. The van der Waals surface area contributed by atoms with Crippen LogP contribution in [-0.2, 0) is 4.79 Å². The van der Waals surface area contributed by atoms with Gasteiger partial charge in [0.25, 0.3) is 0 Å². The van der Waals surface area contributed by atoms with Crippen LogP contribution in [0, 0.1) is 0 Å². The lowest BCUT2D eigenvalue weighted by Crippen LogP contribution is -2.60. The lowest BCUT2D eigenvalue weighted by molar-refractivity contribution is -0.129. The van der Waals surface area contributed by atoms with Crippen molar-refractivity contribution in [2.75, 3.05) is 20.1 Å². The van der Waals surface area contributed by atoms with Crippen LogP contribution in [0.5, 0.6) is 0 Å². The zero-order valence-electron chi connectivity index (χ0n) is 12.8. The van der Waals surface area contributed by atoms with Crippen LogP contribution >= 0.6 is 24.8 Å². The standard InChI is InChI=1S/C14H27N3O.2ClH/c1-11-10-12(6-9-17(11)3)16-13(18)14(2)7-4-5-8-15-14;;/h11-12,15H,4-10H2,1-3H3,(H,16,18);2*1H. The van der Waals surface area contributed by atoms with E-state index in [0.717, 1.165) is 38.8 Å². The summed E-state index contributed by atoms with van der Waals surface area (Å²) in [5.41, 5.74) is -0.342. The molecule has 3 unspecified atom stereocenters. The molecule has 2 saturated heterocycles. The van der Waals surface area contributed by atoms with Crippen molar-refractivity contribution in [2.24, 2.45) is 0 Å². The Bertz CT molecular complexity index is 309. The van der Waals surface area contributed by atoms with Crippen LogP contribution in [0.25, 0.3) is 0 Å². The molecule has 6 heteroatoms. The smallest absolute Gasteiger partial charge is 0.240 e. The quantitative estimate of drug-likeness (QED) is 0.815. The molecular weight excluding hydrogens is 297 g/mol. The molecule has 20 heavy (non-hydrogen) atoms. The molecule has 2 aliphatic heterocycles. The van der Waals surface area contributed by atoms with Crippen LogP contribution in [0.2, 0.25) is 0 Å². The SMILES string of the molecule is CC1CC(NC(=O)C2(C)CCCCN2)CCN1C.Cl.Cl. The first-order valence-corrected chi connectivity index (χ1v) is 7.27. The van der Waals surface area contributed by atoms with Gasteiger partial charge in [-0.15, -0.1) is 24.8 Å². The maximum absolute atomic E-state index is 12.4. The Morgan fingerprint density at radius 2 is 2.05 bits per heavy atom. The number of amides is 1. The number of carbonyl (C=O) groups excluding carboxylic acids is 1. The topological polar surface area (TPSA) is 44.4 Å². The number of piperidine rings is 2. The Labute approximate surface area is 135 Å². The van der Waals surface area contributed by atoms with Crippen molar-refractivity contribution in [1.29, 1.82) is 0 Å². The fourth-order valence-electron chi connectivity index (χ4n) is 3.02. The zero-order valence-corrected chi connectivity index (χ0v) is 14.4. The van der Waals surface area contributed by atoms with Crippen molar-refractivity contribution in [2.45, 2.75) is 63.6 Å².